The van der Waals surface area contributed by atoms with Gasteiger partial charge in [-0.1, -0.05) is 45.0 Å². The Hall–Kier alpha value is -4.42. The highest BCUT2D eigenvalue weighted by Crippen LogP contribution is 2.30. The Morgan fingerprint density at radius 3 is 2.37 bits per heavy atom. The van der Waals surface area contributed by atoms with Gasteiger partial charge in [0.25, 0.3) is 10.0 Å². The standard InChI is InChI=1S/C37H47N7O4S/c1-24-10-7-11-25(2)34(24)32-19-27(41-36(42-32)43-49(47,48)31-15-8-12-26(18-31)35(45)46)16-17-28(20-37(3,4)5)39-22-29-21-38-23-33(40-29)44(6)30-13-9-14-30/h7-8,10-12,15,18-19,21,23,28,30,39H,9,13-14,16-17,20,22H2,1-6H3,(H,45,46)(H,41,42,43)/t28-/m0/s1. The Kier molecular flexibility index (Phi) is 11.0. The normalized spacial score (nSPS) is 14.2. The number of sulfonamides is 1. The van der Waals surface area contributed by atoms with E-state index in [0.29, 0.717) is 30.4 Å². The number of carboxylic acids is 1. The predicted octanol–water partition coefficient (Wildman–Crippen LogP) is 6.57. The van der Waals surface area contributed by atoms with Crippen molar-refractivity contribution in [3.8, 4) is 11.3 Å². The van der Waals surface area contributed by atoms with Crippen LogP contribution in [0.15, 0.2) is 65.8 Å². The van der Waals surface area contributed by atoms with Gasteiger partial charge in [0.15, 0.2) is 0 Å². The fraction of sp³-hybridized carbons (Fsp3) is 0.432. The van der Waals surface area contributed by atoms with Gasteiger partial charge in [0.1, 0.15) is 5.82 Å². The minimum atomic E-state index is -4.18. The van der Waals surface area contributed by atoms with Crippen molar-refractivity contribution < 1.29 is 18.3 Å². The van der Waals surface area contributed by atoms with Crippen LogP contribution in [0.2, 0.25) is 0 Å². The zero-order valence-corrected chi connectivity index (χ0v) is 30.0. The zero-order valence-electron chi connectivity index (χ0n) is 29.2. The molecule has 260 valence electrons. The van der Waals surface area contributed by atoms with E-state index in [2.05, 4.69) is 57.7 Å². The lowest BCUT2D eigenvalue weighted by Crippen LogP contribution is -2.38. The second kappa shape index (κ2) is 15.0. The van der Waals surface area contributed by atoms with Gasteiger partial charge >= 0.3 is 5.97 Å². The van der Waals surface area contributed by atoms with E-state index in [1.807, 2.05) is 50.5 Å². The molecule has 0 spiro atoms. The third kappa shape index (κ3) is 9.39. The second-order valence-corrected chi connectivity index (χ2v) is 15.9. The van der Waals surface area contributed by atoms with Crippen LogP contribution in [0.3, 0.4) is 0 Å². The number of aromatic carboxylic acids is 1. The lowest BCUT2D eigenvalue weighted by molar-refractivity contribution is 0.0696. The van der Waals surface area contributed by atoms with E-state index < -0.39 is 16.0 Å². The zero-order chi connectivity index (χ0) is 35.3. The van der Waals surface area contributed by atoms with Crippen molar-refractivity contribution in [2.24, 2.45) is 5.41 Å². The molecule has 12 heteroatoms. The molecule has 1 saturated carbocycles. The maximum Gasteiger partial charge on any atom is 0.335 e. The Morgan fingerprint density at radius 2 is 1.71 bits per heavy atom. The third-order valence-electron chi connectivity index (χ3n) is 8.97. The molecule has 4 aromatic rings. The first-order valence-electron chi connectivity index (χ1n) is 16.8. The quantitative estimate of drug-likeness (QED) is 0.133. The second-order valence-electron chi connectivity index (χ2n) is 14.2. The number of rotatable bonds is 14. The Labute approximate surface area is 289 Å². The number of benzene rings is 2. The average molecular weight is 686 g/mol. The number of nitrogens with zero attached hydrogens (tertiary/aromatic N) is 5. The Balaban J connectivity index is 1.40. The van der Waals surface area contributed by atoms with Crippen LogP contribution in [-0.4, -0.2) is 58.6 Å². The molecular formula is C37H47N7O4S. The fourth-order valence-electron chi connectivity index (χ4n) is 6.19. The van der Waals surface area contributed by atoms with Gasteiger partial charge in [-0.15, -0.1) is 0 Å². The maximum absolute atomic E-state index is 13.4. The summed E-state index contributed by atoms with van der Waals surface area (Å²) in [5.74, 6) is -0.397. The summed E-state index contributed by atoms with van der Waals surface area (Å²) in [5.41, 5.74) is 5.02. The van der Waals surface area contributed by atoms with Crippen molar-refractivity contribution >= 4 is 27.8 Å². The molecule has 1 aliphatic rings. The number of carbonyl (C=O) groups is 1. The van der Waals surface area contributed by atoms with Crippen LogP contribution in [0.5, 0.6) is 0 Å². The minimum absolute atomic E-state index is 0.0516. The molecule has 0 amide bonds. The molecular weight excluding hydrogens is 639 g/mol. The molecule has 0 unspecified atom stereocenters. The summed E-state index contributed by atoms with van der Waals surface area (Å²) in [4.78, 5) is 32.2. The van der Waals surface area contributed by atoms with Crippen LogP contribution < -0.4 is 14.9 Å². The lowest BCUT2D eigenvalue weighted by atomic mass is 9.86. The highest BCUT2D eigenvalue weighted by molar-refractivity contribution is 7.92. The molecule has 1 aliphatic carbocycles. The molecule has 49 heavy (non-hydrogen) atoms. The number of hydrogen-bond acceptors (Lipinski definition) is 9. The number of hydrogen-bond donors (Lipinski definition) is 3. The molecule has 3 N–H and O–H groups in total. The van der Waals surface area contributed by atoms with Crippen molar-refractivity contribution in [2.45, 2.75) is 96.7 Å². The predicted molar refractivity (Wildman–Crippen MR) is 192 cm³/mol. The van der Waals surface area contributed by atoms with Gasteiger partial charge in [0.05, 0.1) is 28.0 Å². The fourth-order valence-corrected chi connectivity index (χ4v) is 7.18. The van der Waals surface area contributed by atoms with Crippen molar-refractivity contribution in [1.82, 2.24) is 25.3 Å². The molecule has 1 atom stereocenters. The first-order valence-corrected chi connectivity index (χ1v) is 18.2. The number of anilines is 2. The molecule has 0 aliphatic heterocycles. The number of nitrogens with one attached hydrogen (secondary N) is 2. The Bertz CT molecular complexity index is 1880. The molecule has 11 nitrogen and oxygen atoms in total. The number of carboxylic acid groups (broad SMARTS) is 1. The number of aryl methyl sites for hydroxylation is 3. The van der Waals surface area contributed by atoms with E-state index in [1.165, 1.54) is 37.5 Å². The lowest BCUT2D eigenvalue weighted by Gasteiger charge is -2.35. The maximum atomic E-state index is 13.4. The molecule has 0 radical (unpaired) electrons. The van der Waals surface area contributed by atoms with Crippen molar-refractivity contribution in [1.29, 1.82) is 0 Å². The highest BCUT2D eigenvalue weighted by Gasteiger charge is 2.24. The van der Waals surface area contributed by atoms with Gasteiger partial charge in [-0.25, -0.2) is 32.9 Å². The summed E-state index contributed by atoms with van der Waals surface area (Å²) in [6.07, 6.45) is 9.46. The third-order valence-corrected chi connectivity index (χ3v) is 10.3. The first-order chi connectivity index (χ1) is 23.2. The summed E-state index contributed by atoms with van der Waals surface area (Å²) >= 11 is 0. The molecule has 1 fully saturated rings. The molecule has 5 rings (SSSR count). The van der Waals surface area contributed by atoms with E-state index in [9.17, 15) is 18.3 Å². The minimum Gasteiger partial charge on any atom is -0.478 e. The average Bonchev–Trinajstić information content (AvgIpc) is 3.01. The summed E-state index contributed by atoms with van der Waals surface area (Å²) in [6.45, 7) is 11.2. The topological polar surface area (TPSA) is 150 Å². The smallest absolute Gasteiger partial charge is 0.335 e. The van der Waals surface area contributed by atoms with Gasteiger partial charge in [0, 0.05) is 43.1 Å². The van der Waals surface area contributed by atoms with E-state index >= 15 is 0 Å². The van der Waals surface area contributed by atoms with Crippen molar-refractivity contribution in [2.75, 3.05) is 16.7 Å². The first kappa shape index (κ1) is 35.9. The molecule has 0 bridgehead atoms. The highest BCUT2D eigenvalue weighted by atomic mass is 32.2. The summed E-state index contributed by atoms with van der Waals surface area (Å²) < 4.78 is 29.4. The molecule has 2 heterocycles. The monoisotopic (exact) mass is 685 g/mol. The molecule has 2 aromatic carbocycles. The van der Waals surface area contributed by atoms with Crippen molar-refractivity contribution in [3.05, 3.63) is 89.0 Å². The van der Waals surface area contributed by atoms with E-state index in [-0.39, 0.29) is 27.9 Å². The SMILES string of the molecule is Cc1cccc(C)c1-c1cc(CC[C@@H](CC(C)(C)C)NCc2cncc(N(C)C3CCC3)n2)nc(NS(=O)(=O)c2cccc(C(=O)O)c2)n1. The largest absolute Gasteiger partial charge is 0.478 e. The van der Waals surface area contributed by atoms with Gasteiger partial charge in [-0.05, 0) is 93.2 Å². The Morgan fingerprint density at radius 1 is 1.00 bits per heavy atom. The van der Waals surface area contributed by atoms with Gasteiger partial charge in [-0.2, -0.15) is 0 Å². The van der Waals surface area contributed by atoms with Crippen LogP contribution in [0.4, 0.5) is 11.8 Å². The van der Waals surface area contributed by atoms with E-state index in [1.54, 1.807) is 0 Å². The van der Waals surface area contributed by atoms with Gasteiger partial charge in [-0.3, -0.25) is 4.98 Å². The van der Waals surface area contributed by atoms with E-state index in [0.717, 1.165) is 47.1 Å². The molecule has 2 aromatic heterocycles. The number of aromatic nitrogens is 4. The van der Waals surface area contributed by atoms with E-state index in [4.69, 9.17) is 4.98 Å². The van der Waals surface area contributed by atoms with Crippen LogP contribution in [0.25, 0.3) is 11.3 Å². The summed E-state index contributed by atoms with van der Waals surface area (Å²) in [6, 6.07) is 13.7. The van der Waals surface area contributed by atoms with Gasteiger partial charge < -0.3 is 15.3 Å². The van der Waals surface area contributed by atoms with Crippen LogP contribution in [0, 0.1) is 19.3 Å². The van der Waals surface area contributed by atoms with Crippen LogP contribution in [-0.2, 0) is 23.0 Å². The van der Waals surface area contributed by atoms with Crippen LogP contribution in [0.1, 0.15) is 85.7 Å². The van der Waals surface area contributed by atoms with Gasteiger partial charge in [0.2, 0.25) is 5.95 Å². The van der Waals surface area contributed by atoms with Crippen molar-refractivity contribution in [3.63, 3.8) is 0 Å². The molecule has 0 saturated heterocycles. The van der Waals surface area contributed by atoms with Crippen LogP contribution >= 0.6 is 0 Å². The summed E-state index contributed by atoms with van der Waals surface area (Å²) in [5, 5.41) is 13.1. The summed E-state index contributed by atoms with van der Waals surface area (Å²) in [7, 11) is -2.09.